The number of thiophene rings is 3. The van der Waals surface area contributed by atoms with Crippen molar-refractivity contribution in [1.82, 2.24) is 15.0 Å². The highest BCUT2D eigenvalue weighted by molar-refractivity contribution is 7.27. The van der Waals surface area contributed by atoms with Gasteiger partial charge in [0, 0.05) is 88.3 Å². The van der Waals surface area contributed by atoms with Crippen LogP contribution in [-0.2, 0) is 0 Å². The zero-order valence-corrected chi connectivity index (χ0v) is 32.8. The molecular weight excluding hydrogens is 751 g/mol. The lowest BCUT2D eigenvalue weighted by molar-refractivity contribution is 1.07. The van der Waals surface area contributed by atoms with Crippen molar-refractivity contribution in [3.63, 3.8) is 0 Å². The molecule has 0 aliphatic carbocycles. The van der Waals surface area contributed by atoms with Gasteiger partial charge in [-0.15, -0.1) is 34.0 Å². The van der Waals surface area contributed by atoms with Crippen LogP contribution in [0.3, 0.4) is 0 Å². The van der Waals surface area contributed by atoms with Crippen molar-refractivity contribution < 1.29 is 0 Å². The van der Waals surface area contributed by atoms with E-state index in [9.17, 15) is 0 Å². The highest BCUT2D eigenvalue weighted by Gasteiger charge is 2.20. The van der Waals surface area contributed by atoms with Gasteiger partial charge >= 0.3 is 0 Å². The minimum absolute atomic E-state index is 0.664. The summed E-state index contributed by atoms with van der Waals surface area (Å²) in [6, 6.07) is 63.1. The molecule has 0 saturated carbocycles. The van der Waals surface area contributed by atoms with Crippen molar-refractivity contribution >= 4 is 94.5 Å². The number of aromatic nitrogens is 3. The number of rotatable bonds is 5. The molecular formula is C51H29N3S3. The molecule has 3 nitrogen and oxygen atoms in total. The first-order chi connectivity index (χ1) is 28.2. The van der Waals surface area contributed by atoms with Crippen LogP contribution in [0.2, 0.25) is 0 Å². The maximum Gasteiger partial charge on any atom is 0.164 e. The van der Waals surface area contributed by atoms with Crippen LogP contribution in [0.4, 0.5) is 0 Å². The molecule has 0 aliphatic heterocycles. The molecule has 8 aromatic carbocycles. The summed E-state index contributed by atoms with van der Waals surface area (Å²) in [5, 5.41) is 7.74. The van der Waals surface area contributed by atoms with Crippen molar-refractivity contribution in [3.05, 3.63) is 176 Å². The van der Waals surface area contributed by atoms with E-state index in [2.05, 4.69) is 140 Å². The Morgan fingerprint density at radius 2 is 0.737 bits per heavy atom. The maximum absolute atomic E-state index is 5.04. The van der Waals surface area contributed by atoms with Gasteiger partial charge in [-0.1, -0.05) is 146 Å². The third kappa shape index (κ3) is 5.33. The predicted octanol–water partition coefficient (Wildman–Crippen LogP) is 15.3. The fourth-order valence-electron chi connectivity index (χ4n) is 8.24. The Balaban J connectivity index is 1.06. The van der Waals surface area contributed by atoms with Crippen LogP contribution in [0.1, 0.15) is 0 Å². The van der Waals surface area contributed by atoms with Crippen molar-refractivity contribution in [2.45, 2.75) is 0 Å². The first-order valence-corrected chi connectivity index (χ1v) is 21.4. The van der Waals surface area contributed by atoms with Gasteiger partial charge in [0.1, 0.15) is 0 Å². The summed E-state index contributed by atoms with van der Waals surface area (Å²) in [4.78, 5) is 15.0. The van der Waals surface area contributed by atoms with Crippen LogP contribution < -0.4 is 0 Å². The summed E-state index contributed by atoms with van der Waals surface area (Å²) >= 11 is 5.64. The van der Waals surface area contributed by atoms with Crippen molar-refractivity contribution in [2.75, 3.05) is 0 Å². The molecule has 12 aromatic rings. The summed E-state index contributed by atoms with van der Waals surface area (Å²) in [5.74, 6) is 1.99. The molecule has 0 aliphatic rings. The number of fused-ring (bicyclic) bond motifs is 9. The molecule has 266 valence electrons. The number of hydrogen-bond donors (Lipinski definition) is 0. The van der Waals surface area contributed by atoms with Crippen LogP contribution in [-0.4, -0.2) is 15.0 Å². The fourth-order valence-corrected chi connectivity index (χ4v) is 12.0. The maximum atomic E-state index is 5.04. The molecule has 0 amide bonds. The molecule has 0 radical (unpaired) electrons. The van der Waals surface area contributed by atoms with Crippen molar-refractivity contribution in [1.29, 1.82) is 0 Å². The summed E-state index contributed by atoms with van der Waals surface area (Å²) in [5.41, 5.74) is 7.96. The first-order valence-electron chi connectivity index (χ1n) is 18.9. The van der Waals surface area contributed by atoms with E-state index in [-0.39, 0.29) is 0 Å². The van der Waals surface area contributed by atoms with Gasteiger partial charge in [-0.05, 0) is 41.5 Å². The Kier molecular flexibility index (Phi) is 7.45. The molecule has 0 atom stereocenters. The molecule has 12 rings (SSSR count). The number of hydrogen-bond acceptors (Lipinski definition) is 6. The van der Waals surface area contributed by atoms with Crippen LogP contribution >= 0.6 is 34.0 Å². The number of nitrogens with zero attached hydrogens (tertiary/aromatic N) is 3. The SMILES string of the molecule is c1ccc(-c2nc(-c3ccccc3)nc(-c3ccc4c(c3)sc3c(-c5cc(-c6cccc7c6sc6ccccc67)cc6c5sc5ccccc56)cccc34)n2)cc1. The van der Waals surface area contributed by atoms with E-state index in [1.807, 2.05) is 70.4 Å². The second-order valence-corrected chi connectivity index (χ2v) is 17.5. The monoisotopic (exact) mass is 779 g/mol. The van der Waals surface area contributed by atoms with Gasteiger partial charge in [0.05, 0.1) is 0 Å². The Morgan fingerprint density at radius 1 is 0.263 bits per heavy atom. The van der Waals surface area contributed by atoms with E-state index in [0.717, 1.165) is 16.7 Å². The third-order valence-electron chi connectivity index (χ3n) is 10.9. The Hall–Kier alpha value is -6.57. The Labute approximate surface area is 339 Å². The standard InChI is InChI=1S/C51H29N3S3/c1-3-13-30(14-4-1)49-52-50(31-15-5-2-6-16-31)54-51(53-49)32-25-26-37-39-21-12-22-40(47(39)57-45(37)29-32)42-28-33(27-41-36-18-8-10-24-44(36)56-48(41)42)34-19-11-20-38-35-17-7-9-23-43(35)55-46(34)38/h1-29H. The Morgan fingerprint density at radius 3 is 1.39 bits per heavy atom. The fraction of sp³-hybridized carbons (Fsp3) is 0. The molecule has 0 fully saturated rings. The smallest absolute Gasteiger partial charge is 0.164 e. The lowest BCUT2D eigenvalue weighted by atomic mass is 9.94. The normalized spacial score (nSPS) is 11.9. The van der Waals surface area contributed by atoms with E-state index < -0.39 is 0 Å². The van der Waals surface area contributed by atoms with Crippen molar-refractivity contribution in [2.24, 2.45) is 0 Å². The van der Waals surface area contributed by atoms with Gasteiger partial charge in [-0.25, -0.2) is 15.0 Å². The average molecular weight is 780 g/mol. The van der Waals surface area contributed by atoms with Crippen LogP contribution in [0.15, 0.2) is 176 Å². The average Bonchev–Trinajstić information content (AvgIpc) is 3.98. The minimum Gasteiger partial charge on any atom is -0.208 e. The second kappa shape index (κ2) is 13.0. The summed E-state index contributed by atoms with van der Waals surface area (Å²) < 4.78 is 7.77. The molecule has 4 aromatic heterocycles. The summed E-state index contributed by atoms with van der Waals surface area (Å²) in [6.45, 7) is 0. The predicted molar refractivity (Wildman–Crippen MR) is 246 cm³/mol. The van der Waals surface area contributed by atoms with Gasteiger partial charge in [0.25, 0.3) is 0 Å². The van der Waals surface area contributed by atoms with Gasteiger partial charge in [-0.2, -0.15) is 0 Å². The zero-order valence-electron chi connectivity index (χ0n) is 30.3. The van der Waals surface area contributed by atoms with E-state index >= 15 is 0 Å². The molecule has 0 spiro atoms. The first kappa shape index (κ1) is 32.7. The molecule has 57 heavy (non-hydrogen) atoms. The topological polar surface area (TPSA) is 38.7 Å². The lowest BCUT2D eigenvalue weighted by Gasteiger charge is -2.11. The van der Waals surface area contributed by atoms with Crippen LogP contribution in [0.25, 0.3) is 117 Å². The van der Waals surface area contributed by atoms with E-state index in [1.54, 1.807) is 0 Å². The third-order valence-corrected chi connectivity index (χ3v) is 14.6. The highest BCUT2D eigenvalue weighted by Crippen LogP contribution is 2.49. The molecule has 6 heteroatoms. The summed E-state index contributed by atoms with van der Waals surface area (Å²) in [6.07, 6.45) is 0. The van der Waals surface area contributed by atoms with E-state index in [4.69, 9.17) is 15.0 Å². The summed E-state index contributed by atoms with van der Waals surface area (Å²) in [7, 11) is 0. The minimum atomic E-state index is 0.664. The van der Waals surface area contributed by atoms with Crippen LogP contribution in [0, 0.1) is 0 Å². The van der Waals surface area contributed by atoms with Gasteiger partial charge in [-0.3, -0.25) is 0 Å². The highest BCUT2D eigenvalue weighted by atomic mass is 32.1. The molecule has 0 unspecified atom stereocenters. The largest absolute Gasteiger partial charge is 0.208 e. The van der Waals surface area contributed by atoms with Crippen molar-refractivity contribution in [3.8, 4) is 56.4 Å². The zero-order chi connectivity index (χ0) is 37.5. The molecule has 0 bridgehead atoms. The van der Waals surface area contributed by atoms with Gasteiger partial charge < -0.3 is 0 Å². The lowest BCUT2D eigenvalue weighted by Crippen LogP contribution is -1.99. The molecule has 4 heterocycles. The molecule has 0 saturated heterocycles. The van der Waals surface area contributed by atoms with E-state index in [1.165, 1.54) is 82.8 Å². The second-order valence-electron chi connectivity index (χ2n) is 14.3. The molecule has 0 N–H and O–H groups in total. The Bertz CT molecular complexity index is 3470. The van der Waals surface area contributed by atoms with Crippen LogP contribution in [0.5, 0.6) is 0 Å². The van der Waals surface area contributed by atoms with Gasteiger partial charge in [0.15, 0.2) is 17.5 Å². The van der Waals surface area contributed by atoms with Gasteiger partial charge in [0.2, 0.25) is 0 Å². The number of benzene rings is 8. The van der Waals surface area contributed by atoms with E-state index in [0.29, 0.717) is 17.5 Å². The quantitative estimate of drug-likeness (QED) is 0.175.